The van der Waals surface area contributed by atoms with Gasteiger partial charge in [0.1, 0.15) is 43.2 Å². The van der Waals surface area contributed by atoms with Crippen LogP contribution >= 0.6 is 23.5 Å². The summed E-state index contributed by atoms with van der Waals surface area (Å²) in [6.07, 6.45) is -13.3. The maximum Gasteiger partial charge on any atom is 0.472 e. The normalized spacial score (nSPS) is 27.6. The van der Waals surface area contributed by atoms with E-state index in [9.17, 15) is 43.5 Å². The van der Waals surface area contributed by atoms with E-state index in [0.717, 1.165) is 19.3 Å². The van der Waals surface area contributed by atoms with Gasteiger partial charge in [-0.15, -0.1) is 0 Å². The van der Waals surface area contributed by atoms with E-state index < -0.39 is 91.3 Å². The molecule has 0 radical (unpaired) electrons. The van der Waals surface area contributed by atoms with E-state index in [4.69, 9.17) is 33.6 Å². The molecule has 8 atom stereocenters. The lowest BCUT2D eigenvalue weighted by molar-refractivity contribution is -0.213. The van der Waals surface area contributed by atoms with Crippen molar-refractivity contribution >= 4 is 35.4 Å². The maximum absolute atomic E-state index is 12.6. The molecule has 0 amide bonds. The summed E-state index contributed by atoms with van der Waals surface area (Å²) in [6.45, 7) is 1.95. The van der Waals surface area contributed by atoms with Crippen LogP contribution in [0.4, 0.5) is 0 Å². The van der Waals surface area contributed by atoms with Crippen LogP contribution in [-0.4, -0.2) is 108 Å². The van der Waals surface area contributed by atoms with Crippen molar-refractivity contribution in [1.82, 2.24) is 0 Å². The van der Waals surface area contributed by atoms with E-state index in [1.165, 1.54) is 6.92 Å². The summed E-state index contributed by atoms with van der Waals surface area (Å²) in [7, 11) is -16.5. The molecule has 0 aromatic rings. The molecule has 1 aliphatic carbocycles. The number of esters is 2. The summed E-state index contributed by atoms with van der Waals surface area (Å²) in [5.41, 5.74) is 0. The highest BCUT2D eigenvalue weighted by Gasteiger charge is 2.56. The molecule has 1 fully saturated rings. The molecule has 0 spiro atoms. The maximum atomic E-state index is 12.6. The van der Waals surface area contributed by atoms with Crippen LogP contribution in [-0.2, 0) is 50.9 Å². The highest BCUT2D eigenvalue weighted by Crippen LogP contribution is 2.51. The second kappa shape index (κ2) is 16.9. The first kappa shape index (κ1) is 38.2. The number of rotatable bonds is 18. The van der Waals surface area contributed by atoms with Gasteiger partial charge in [-0.3, -0.25) is 27.7 Å². The lowest BCUT2D eigenvalue weighted by atomic mass is 9.85. The highest BCUT2D eigenvalue weighted by atomic mass is 31.2. The average molecular weight is 662 g/mol. The van der Waals surface area contributed by atoms with Crippen LogP contribution in [0, 0.1) is 0 Å². The first-order valence-electron chi connectivity index (χ1n) is 12.3. The lowest BCUT2D eigenvalue weighted by Gasteiger charge is -2.44. The van der Waals surface area contributed by atoms with Crippen molar-refractivity contribution in [2.45, 2.75) is 95.1 Å². The van der Waals surface area contributed by atoms with Gasteiger partial charge < -0.3 is 49.3 Å². The largest absolute Gasteiger partial charge is 0.472 e. The zero-order valence-electron chi connectivity index (χ0n) is 22.1. The Morgan fingerprint density at radius 2 is 1.24 bits per heavy atom. The Kier molecular flexibility index (Phi) is 15.7. The molecular formula is C19H37O19P3. The number of hydrogen-bond acceptors (Lipinski definition) is 14. The minimum atomic E-state index is -5.56. The van der Waals surface area contributed by atoms with Gasteiger partial charge in [0.25, 0.3) is 0 Å². The molecule has 0 saturated heterocycles. The minimum Gasteiger partial charge on any atom is -0.462 e. The molecule has 1 unspecified atom stereocenters. The number of hydrogen-bond donors (Lipinski definition) is 8. The Bertz CT molecular complexity index is 981. The Morgan fingerprint density at radius 3 is 1.76 bits per heavy atom. The Balaban J connectivity index is 3.02. The van der Waals surface area contributed by atoms with E-state index >= 15 is 0 Å². The van der Waals surface area contributed by atoms with Crippen LogP contribution in [0.3, 0.4) is 0 Å². The van der Waals surface area contributed by atoms with Gasteiger partial charge in [-0.2, -0.15) is 0 Å². The minimum absolute atomic E-state index is 0.0112. The van der Waals surface area contributed by atoms with Crippen molar-refractivity contribution < 1.29 is 90.6 Å². The summed E-state index contributed by atoms with van der Waals surface area (Å²) in [4.78, 5) is 70.2. The van der Waals surface area contributed by atoms with Crippen LogP contribution in [0.2, 0.25) is 0 Å². The first-order valence-corrected chi connectivity index (χ1v) is 16.9. The zero-order chi connectivity index (χ0) is 31.6. The number of carbonyl (C=O) groups excluding carboxylic acids is 2. The number of phosphoric ester groups is 3. The van der Waals surface area contributed by atoms with Crippen LogP contribution in [0.5, 0.6) is 0 Å². The quantitative estimate of drug-likeness (QED) is 0.0515. The van der Waals surface area contributed by atoms with E-state index in [0.29, 0.717) is 6.42 Å². The molecule has 19 nitrogen and oxygen atoms in total. The van der Waals surface area contributed by atoms with Crippen LogP contribution in [0.15, 0.2) is 0 Å². The monoisotopic (exact) mass is 662 g/mol. The van der Waals surface area contributed by atoms with Gasteiger partial charge in [0.2, 0.25) is 0 Å². The number of aliphatic hydroxyl groups is 3. The Morgan fingerprint density at radius 1 is 0.707 bits per heavy atom. The molecule has 8 N–H and O–H groups in total. The third kappa shape index (κ3) is 14.4. The fourth-order valence-corrected chi connectivity index (χ4v) is 5.66. The van der Waals surface area contributed by atoms with Gasteiger partial charge in [0.05, 0.1) is 6.61 Å². The van der Waals surface area contributed by atoms with Crippen LogP contribution in [0.1, 0.15) is 52.4 Å². The van der Waals surface area contributed by atoms with Crippen molar-refractivity contribution in [3.63, 3.8) is 0 Å². The summed E-state index contributed by atoms with van der Waals surface area (Å²) >= 11 is 0. The fourth-order valence-electron chi connectivity index (χ4n) is 3.56. The molecule has 0 bridgehead atoms. The second-order valence-corrected chi connectivity index (χ2v) is 12.7. The second-order valence-electron chi connectivity index (χ2n) is 8.89. The lowest BCUT2D eigenvalue weighted by Crippen LogP contribution is -2.65. The summed E-state index contributed by atoms with van der Waals surface area (Å²) in [5.74, 6) is -1.42. The summed E-state index contributed by atoms with van der Waals surface area (Å²) < 4.78 is 63.1. The van der Waals surface area contributed by atoms with E-state index in [-0.39, 0.29) is 12.8 Å². The Labute approximate surface area is 234 Å². The topological polar surface area (TPSA) is 303 Å². The van der Waals surface area contributed by atoms with Crippen molar-refractivity contribution in [3.05, 3.63) is 0 Å². The molecular weight excluding hydrogens is 625 g/mol. The molecule has 1 saturated carbocycles. The average Bonchev–Trinajstić information content (AvgIpc) is 2.85. The van der Waals surface area contributed by atoms with E-state index in [1.54, 1.807) is 0 Å². The fraction of sp³-hybridized carbons (Fsp3) is 0.895. The molecule has 22 heteroatoms. The predicted octanol–water partition coefficient (Wildman–Crippen LogP) is -0.624. The van der Waals surface area contributed by atoms with Crippen molar-refractivity contribution in [3.8, 4) is 0 Å². The molecule has 0 aromatic carbocycles. The molecule has 0 aromatic heterocycles. The smallest absolute Gasteiger partial charge is 0.462 e. The molecule has 242 valence electrons. The van der Waals surface area contributed by atoms with E-state index in [2.05, 4.69) is 13.6 Å². The zero-order valence-corrected chi connectivity index (χ0v) is 24.8. The highest BCUT2D eigenvalue weighted by molar-refractivity contribution is 7.47. The molecule has 0 aliphatic heterocycles. The van der Waals surface area contributed by atoms with Gasteiger partial charge in [0, 0.05) is 12.8 Å². The third-order valence-corrected chi connectivity index (χ3v) is 7.49. The van der Waals surface area contributed by atoms with Crippen LogP contribution in [0.25, 0.3) is 0 Å². The van der Waals surface area contributed by atoms with Gasteiger partial charge in [-0.05, 0) is 6.42 Å². The number of carbonyl (C=O) groups is 2. The number of phosphoric acid groups is 3. The summed E-state index contributed by atoms with van der Waals surface area (Å²) in [6, 6.07) is 0. The molecule has 0 heterocycles. The van der Waals surface area contributed by atoms with Gasteiger partial charge in [0.15, 0.2) is 6.10 Å². The van der Waals surface area contributed by atoms with Crippen molar-refractivity contribution in [2.75, 3.05) is 13.2 Å². The summed E-state index contributed by atoms with van der Waals surface area (Å²) in [5, 5.41) is 31.1. The van der Waals surface area contributed by atoms with Gasteiger partial charge >= 0.3 is 35.4 Å². The first-order chi connectivity index (χ1) is 18.8. The molecule has 1 rings (SSSR count). The number of unbranched alkanes of at least 4 members (excludes halogenated alkanes) is 3. The van der Waals surface area contributed by atoms with Gasteiger partial charge in [-0.25, -0.2) is 13.7 Å². The van der Waals surface area contributed by atoms with Crippen molar-refractivity contribution in [1.29, 1.82) is 0 Å². The van der Waals surface area contributed by atoms with Crippen molar-refractivity contribution in [2.24, 2.45) is 0 Å². The van der Waals surface area contributed by atoms with E-state index in [1.807, 2.05) is 6.92 Å². The number of ether oxygens (including phenoxy) is 2. The third-order valence-electron chi connectivity index (χ3n) is 5.47. The Hall–Kier alpha value is -0.850. The van der Waals surface area contributed by atoms with Gasteiger partial charge in [-0.1, -0.05) is 33.1 Å². The molecule has 41 heavy (non-hydrogen) atoms. The standard InChI is InChI=1S/C19H37O19P3/c1-3-5-6-7-8-13(21)35-11(9-33-12(20)4-2)10-34-41(31,32)38-17-14(22)15(23)18(36-39(25,26)27)19(16(17)24)37-40(28,29)30/h11,14-19,22-24H,3-10H2,1-2H3,(H,31,32)(H2,25,26,27)(H2,28,29,30)/t11-,14-,15+,16+,17-,18-,19+/m1/s1. The molecule has 1 aliphatic rings. The van der Waals surface area contributed by atoms with Crippen LogP contribution < -0.4 is 0 Å². The SMILES string of the molecule is CCCCCCC(=O)O[C@H](COC(=O)CC)COP(=O)(O)O[C@@H]1[C@H](O)[C@H](O)[C@@H](OP(=O)(O)O)[C@@H](OP(=O)(O)O)[C@H]1O. The predicted molar refractivity (Wildman–Crippen MR) is 132 cm³/mol. The number of aliphatic hydroxyl groups excluding tert-OH is 3.